The van der Waals surface area contributed by atoms with Crippen molar-refractivity contribution in [3.8, 4) is 17.1 Å². The standard InChI is InChI=1S/C25H27N7OS2/c1-3-30-11-13-31(14-12-30)24(33)20-16-34-22(27-20)17-35-25-29-28-23(19-8-6-10-26-15-19)32(25)21-9-5-4-7-18(21)2/h4-10,15-16H,3,11-14,17H2,1-2H3. The Balaban J connectivity index is 1.35. The third-order valence-electron chi connectivity index (χ3n) is 6.11. The maximum absolute atomic E-state index is 12.9. The molecule has 0 atom stereocenters. The van der Waals surface area contributed by atoms with Gasteiger partial charge < -0.3 is 9.80 Å². The number of hydrogen-bond donors (Lipinski definition) is 0. The van der Waals surface area contributed by atoms with Gasteiger partial charge in [-0.2, -0.15) is 0 Å². The van der Waals surface area contributed by atoms with Crippen LogP contribution in [0.3, 0.4) is 0 Å². The molecule has 1 amide bonds. The molecule has 35 heavy (non-hydrogen) atoms. The van der Waals surface area contributed by atoms with Crippen molar-refractivity contribution in [1.29, 1.82) is 0 Å². The van der Waals surface area contributed by atoms with Crippen LogP contribution in [0.4, 0.5) is 0 Å². The number of aryl methyl sites for hydroxylation is 1. The lowest BCUT2D eigenvalue weighted by Gasteiger charge is -2.33. The number of rotatable bonds is 7. The minimum Gasteiger partial charge on any atom is -0.335 e. The van der Waals surface area contributed by atoms with Gasteiger partial charge in [-0.1, -0.05) is 36.9 Å². The number of benzene rings is 1. The summed E-state index contributed by atoms with van der Waals surface area (Å²) < 4.78 is 2.07. The van der Waals surface area contributed by atoms with Gasteiger partial charge in [-0.3, -0.25) is 14.3 Å². The third kappa shape index (κ3) is 5.14. The minimum absolute atomic E-state index is 0.0233. The second-order valence-electron chi connectivity index (χ2n) is 8.31. The Bertz CT molecular complexity index is 1300. The number of carbonyl (C=O) groups excluding carboxylic acids is 1. The van der Waals surface area contributed by atoms with Crippen molar-refractivity contribution >= 4 is 29.0 Å². The highest BCUT2D eigenvalue weighted by atomic mass is 32.2. The molecular weight excluding hydrogens is 478 g/mol. The predicted octanol–water partition coefficient (Wildman–Crippen LogP) is 4.16. The third-order valence-corrected chi connectivity index (χ3v) is 8.08. The van der Waals surface area contributed by atoms with Crippen LogP contribution in [0, 0.1) is 6.92 Å². The van der Waals surface area contributed by atoms with Crippen LogP contribution in [0.2, 0.25) is 0 Å². The zero-order valence-corrected chi connectivity index (χ0v) is 21.4. The maximum atomic E-state index is 12.9. The summed E-state index contributed by atoms with van der Waals surface area (Å²) in [7, 11) is 0. The molecular formula is C25H27N7OS2. The number of aromatic nitrogens is 5. The Labute approximate surface area is 213 Å². The first-order chi connectivity index (χ1) is 17.1. The summed E-state index contributed by atoms with van der Waals surface area (Å²) in [6.45, 7) is 8.61. The fraction of sp³-hybridized carbons (Fsp3) is 0.320. The van der Waals surface area contributed by atoms with Crippen molar-refractivity contribution in [1.82, 2.24) is 34.5 Å². The number of carbonyl (C=O) groups is 1. The average molecular weight is 506 g/mol. The summed E-state index contributed by atoms with van der Waals surface area (Å²) >= 11 is 3.09. The van der Waals surface area contributed by atoms with E-state index in [2.05, 4.69) is 55.6 Å². The fourth-order valence-electron chi connectivity index (χ4n) is 4.11. The molecule has 0 spiro atoms. The molecule has 10 heteroatoms. The Kier molecular flexibility index (Phi) is 7.21. The van der Waals surface area contributed by atoms with E-state index in [0.717, 1.165) is 65.5 Å². The topological polar surface area (TPSA) is 80.0 Å². The van der Waals surface area contributed by atoms with Gasteiger partial charge >= 0.3 is 0 Å². The van der Waals surface area contributed by atoms with Crippen LogP contribution >= 0.6 is 23.1 Å². The Morgan fingerprint density at radius 1 is 1.09 bits per heavy atom. The van der Waals surface area contributed by atoms with Gasteiger partial charge in [-0.25, -0.2) is 4.98 Å². The first-order valence-electron chi connectivity index (χ1n) is 11.6. The molecule has 1 aliphatic rings. The van der Waals surface area contributed by atoms with Crippen LogP contribution in [-0.4, -0.2) is 73.2 Å². The van der Waals surface area contributed by atoms with E-state index < -0.39 is 0 Å². The highest BCUT2D eigenvalue weighted by molar-refractivity contribution is 7.98. The smallest absolute Gasteiger partial charge is 0.273 e. The minimum atomic E-state index is 0.0233. The molecule has 0 saturated carbocycles. The SMILES string of the molecule is CCN1CCN(C(=O)c2csc(CSc3nnc(-c4cccnc4)n3-c3ccccc3C)n2)CC1. The van der Waals surface area contributed by atoms with Crippen molar-refractivity contribution in [3.63, 3.8) is 0 Å². The largest absolute Gasteiger partial charge is 0.335 e. The van der Waals surface area contributed by atoms with Gasteiger partial charge in [-0.05, 0) is 37.2 Å². The van der Waals surface area contributed by atoms with Crippen LogP contribution < -0.4 is 0 Å². The van der Waals surface area contributed by atoms with Gasteiger partial charge in [0, 0.05) is 49.5 Å². The van der Waals surface area contributed by atoms with E-state index in [1.54, 1.807) is 24.2 Å². The lowest BCUT2D eigenvalue weighted by molar-refractivity contribution is 0.0638. The van der Waals surface area contributed by atoms with Crippen LogP contribution in [-0.2, 0) is 5.75 Å². The number of piperazine rings is 1. The average Bonchev–Trinajstić information content (AvgIpc) is 3.55. The van der Waals surface area contributed by atoms with Gasteiger partial charge in [0.1, 0.15) is 10.7 Å². The number of nitrogens with zero attached hydrogens (tertiary/aromatic N) is 7. The van der Waals surface area contributed by atoms with Gasteiger partial charge in [-0.15, -0.1) is 21.5 Å². The molecule has 0 bridgehead atoms. The highest BCUT2D eigenvalue weighted by Gasteiger charge is 2.24. The van der Waals surface area contributed by atoms with Crippen molar-refractivity contribution in [2.75, 3.05) is 32.7 Å². The Morgan fingerprint density at radius 3 is 2.66 bits per heavy atom. The summed E-state index contributed by atoms with van der Waals surface area (Å²) in [5.41, 5.74) is 3.59. The number of pyridine rings is 1. The van der Waals surface area contributed by atoms with Gasteiger partial charge in [0.05, 0.1) is 11.4 Å². The first-order valence-corrected chi connectivity index (χ1v) is 13.5. The van der Waals surface area contributed by atoms with Crippen molar-refractivity contribution in [2.24, 2.45) is 0 Å². The number of thiazole rings is 1. The van der Waals surface area contributed by atoms with E-state index in [-0.39, 0.29) is 5.91 Å². The van der Waals surface area contributed by atoms with E-state index in [1.165, 1.54) is 11.3 Å². The molecule has 180 valence electrons. The fourth-order valence-corrected chi connectivity index (χ4v) is 5.84. The second kappa shape index (κ2) is 10.7. The molecule has 1 aromatic carbocycles. The zero-order chi connectivity index (χ0) is 24.2. The van der Waals surface area contributed by atoms with Gasteiger partial charge in [0.25, 0.3) is 5.91 Å². The Morgan fingerprint density at radius 2 is 1.91 bits per heavy atom. The predicted molar refractivity (Wildman–Crippen MR) is 139 cm³/mol. The molecule has 1 saturated heterocycles. The van der Waals surface area contributed by atoms with Crippen molar-refractivity contribution in [3.05, 3.63) is 70.4 Å². The van der Waals surface area contributed by atoms with Gasteiger partial charge in [0.2, 0.25) is 0 Å². The number of para-hydroxylation sites is 1. The molecule has 1 aliphatic heterocycles. The van der Waals surface area contributed by atoms with E-state index in [1.807, 2.05) is 34.5 Å². The summed E-state index contributed by atoms with van der Waals surface area (Å²) in [6, 6.07) is 12.1. The molecule has 3 aromatic heterocycles. The summed E-state index contributed by atoms with van der Waals surface area (Å²) in [6.07, 6.45) is 3.55. The number of amides is 1. The van der Waals surface area contributed by atoms with E-state index in [0.29, 0.717) is 11.4 Å². The van der Waals surface area contributed by atoms with Crippen molar-refractivity contribution < 1.29 is 4.79 Å². The first kappa shape index (κ1) is 23.7. The monoisotopic (exact) mass is 505 g/mol. The molecule has 0 radical (unpaired) electrons. The van der Waals surface area contributed by atoms with Gasteiger partial charge in [0.15, 0.2) is 11.0 Å². The van der Waals surface area contributed by atoms with E-state index in [9.17, 15) is 4.79 Å². The molecule has 8 nitrogen and oxygen atoms in total. The van der Waals surface area contributed by atoms with Crippen molar-refractivity contribution in [2.45, 2.75) is 24.8 Å². The maximum Gasteiger partial charge on any atom is 0.273 e. The lowest BCUT2D eigenvalue weighted by Crippen LogP contribution is -2.48. The lowest BCUT2D eigenvalue weighted by atomic mass is 10.2. The highest BCUT2D eigenvalue weighted by Crippen LogP contribution is 2.31. The molecule has 4 aromatic rings. The van der Waals surface area contributed by atoms with Crippen LogP contribution in [0.25, 0.3) is 17.1 Å². The molecule has 0 aliphatic carbocycles. The molecule has 0 N–H and O–H groups in total. The van der Waals surface area contributed by atoms with Crippen LogP contribution in [0.1, 0.15) is 28.0 Å². The second-order valence-corrected chi connectivity index (χ2v) is 10.2. The molecule has 5 rings (SSSR count). The quantitative estimate of drug-likeness (QED) is 0.349. The zero-order valence-electron chi connectivity index (χ0n) is 19.8. The molecule has 0 unspecified atom stereocenters. The normalized spacial score (nSPS) is 14.4. The summed E-state index contributed by atoms with van der Waals surface area (Å²) in [5, 5.41) is 12.5. The van der Waals surface area contributed by atoms with Crippen LogP contribution in [0.5, 0.6) is 0 Å². The number of thioether (sulfide) groups is 1. The molecule has 1 fully saturated rings. The summed E-state index contributed by atoms with van der Waals surface area (Å²) in [4.78, 5) is 26.1. The number of hydrogen-bond acceptors (Lipinski definition) is 8. The van der Waals surface area contributed by atoms with E-state index in [4.69, 9.17) is 0 Å². The Hall–Kier alpha value is -3.08. The van der Waals surface area contributed by atoms with Crippen LogP contribution in [0.15, 0.2) is 59.3 Å². The van der Waals surface area contributed by atoms with E-state index >= 15 is 0 Å². The molecule has 4 heterocycles. The summed E-state index contributed by atoms with van der Waals surface area (Å²) in [5.74, 6) is 1.38. The number of likely N-dealkylation sites (N-methyl/N-ethyl adjacent to an activating group) is 1.